The van der Waals surface area contributed by atoms with Crippen LogP contribution in [0, 0.1) is 18.3 Å². The zero-order valence-electron chi connectivity index (χ0n) is 10.7. The zero-order valence-corrected chi connectivity index (χ0v) is 10.7. The van der Waals surface area contributed by atoms with Crippen LogP contribution < -0.4 is 4.90 Å². The molecule has 0 bridgehead atoms. The van der Waals surface area contributed by atoms with Gasteiger partial charge in [0.05, 0.1) is 5.56 Å². The van der Waals surface area contributed by atoms with Gasteiger partial charge in [0.2, 0.25) is 5.91 Å². The van der Waals surface area contributed by atoms with E-state index in [0.29, 0.717) is 18.7 Å². The van der Waals surface area contributed by atoms with Crippen molar-refractivity contribution in [3.05, 3.63) is 23.4 Å². The molecule has 1 aromatic rings. The summed E-state index contributed by atoms with van der Waals surface area (Å²) in [4.78, 5) is 19.5. The fourth-order valence-corrected chi connectivity index (χ4v) is 2.15. The van der Waals surface area contributed by atoms with E-state index in [1.54, 1.807) is 13.1 Å². The number of aromatic nitrogens is 1. The third-order valence-corrected chi connectivity index (χ3v) is 3.28. The van der Waals surface area contributed by atoms with Crippen LogP contribution in [-0.4, -0.2) is 42.0 Å². The van der Waals surface area contributed by atoms with E-state index < -0.39 is 0 Å². The quantitative estimate of drug-likeness (QED) is 0.737. The SMILES string of the molecule is CC(=O)N1CCN(c2nccc(C)c2C#N)CC1. The summed E-state index contributed by atoms with van der Waals surface area (Å²) in [7, 11) is 0. The summed E-state index contributed by atoms with van der Waals surface area (Å²) < 4.78 is 0. The fraction of sp³-hybridized carbons (Fsp3) is 0.462. The average molecular weight is 244 g/mol. The molecule has 0 unspecified atom stereocenters. The number of hydrogen-bond acceptors (Lipinski definition) is 4. The summed E-state index contributed by atoms with van der Waals surface area (Å²) >= 11 is 0. The van der Waals surface area contributed by atoms with Crippen molar-refractivity contribution < 1.29 is 4.79 Å². The second kappa shape index (κ2) is 5.05. The number of aryl methyl sites for hydroxylation is 1. The van der Waals surface area contributed by atoms with Gasteiger partial charge in [-0.1, -0.05) is 0 Å². The lowest BCUT2D eigenvalue weighted by Crippen LogP contribution is -2.48. The van der Waals surface area contributed by atoms with Gasteiger partial charge in [-0.05, 0) is 18.6 Å². The van der Waals surface area contributed by atoms with Gasteiger partial charge in [0, 0.05) is 39.3 Å². The van der Waals surface area contributed by atoms with Crippen LogP contribution in [0.4, 0.5) is 5.82 Å². The largest absolute Gasteiger partial charge is 0.352 e. The van der Waals surface area contributed by atoms with Crippen LogP contribution in [0.3, 0.4) is 0 Å². The summed E-state index contributed by atoms with van der Waals surface area (Å²) in [5.74, 6) is 0.841. The Morgan fingerprint density at radius 2 is 2.06 bits per heavy atom. The van der Waals surface area contributed by atoms with Crippen molar-refractivity contribution >= 4 is 11.7 Å². The highest BCUT2D eigenvalue weighted by molar-refractivity contribution is 5.73. The van der Waals surface area contributed by atoms with Gasteiger partial charge in [-0.25, -0.2) is 4.98 Å². The highest BCUT2D eigenvalue weighted by Crippen LogP contribution is 2.21. The first-order valence-corrected chi connectivity index (χ1v) is 5.99. The highest BCUT2D eigenvalue weighted by Gasteiger charge is 2.21. The number of amides is 1. The maximum absolute atomic E-state index is 11.3. The first-order valence-electron chi connectivity index (χ1n) is 5.99. The van der Waals surface area contributed by atoms with E-state index >= 15 is 0 Å². The van der Waals surface area contributed by atoms with Gasteiger partial charge in [-0.3, -0.25) is 4.79 Å². The summed E-state index contributed by atoms with van der Waals surface area (Å²) in [6.07, 6.45) is 1.73. The van der Waals surface area contributed by atoms with Crippen LogP contribution in [0.5, 0.6) is 0 Å². The normalized spacial score (nSPS) is 15.4. The van der Waals surface area contributed by atoms with E-state index in [9.17, 15) is 10.1 Å². The van der Waals surface area contributed by atoms with E-state index in [-0.39, 0.29) is 5.91 Å². The number of piperazine rings is 1. The van der Waals surface area contributed by atoms with E-state index in [1.165, 1.54) is 0 Å². The summed E-state index contributed by atoms with van der Waals surface area (Å²) in [5, 5.41) is 9.19. The predicted molar refractivity (Wildman–Crippen MR) is 68.2 cm³/mol. The lowest BCUT2D eigenvalue weighted by Gasteiger charge is -2.35. The van der Waals surface area contributed by atoms with Crippen LogP contribution in [-0.2, 0) is 4.79 Å². The molecule has 18 heavy (non-hydrogen) atoms. The maximum atomic E-state index is 11.3. The fourth-order valence-electron chi connectivity index (χ4n) is 2.15. The Balaban J connectivity index is 2.18. The summed E-state index contributed by atoms with van der Waals surface area (Å²) in [6, 6.07) is 4.05. The van der Waals surface area contributed by atoms with Crippen LogP contribution in [0.15, 0.2) is 12.3 Å². The van der Waals surface area contributed by atoms with Crippen molar-refractivity contribution in [3.63, 3.8) is 0 Å². The Hall–Kier alpha value is -2.09. The van der Waals surface area contributed by atoms with E-state index in [1.807, 2.05) is 17.9 Å². The lowest BCUT2D eigenvalue weighted by molar-refractivity contribution is -0.129. The molecule has 0 N–H and O–H groups in total. The molecule has 5 nitrogen and oxygen atoms in total. The van der Waals surface area contributed by atoms with Crippen molar-refractivity contribution in [2.75, 3.05) is 31.1 Å². The molecular weight excluding hydrogens is 228 g/mol. The highest BCUT2D eigenvalue weighted by atomic mass is 16.2. The van der Waals surface area contributed by atoms with Gasteiger partial charge < -0.3 is 9.80 Å². The molecule has 1 aliphatic rings. The maximum Gasteiger partial charge on any atom is 0.219 e. The standard InChI is InChI=1S/C13H16N4O/c1-10-3-4-15-13(12(10)9-14)17-7-5-16(6-8-17)11(2)18/h3-4H,5-8H2,1-2H3. The van der Waals surface area contributed by atoms with Crippen LogP contribution >= 0.6 is 0 Å². The minimum absolute atomic E-state index is 0.104. The average Bonchev–Trinajstić information content (AvgIpc) is 2.38. The second-order valence-electron chi connectivity index (χ2n) is 4.43. The minimum atomic E-state index is 0.104. The molecule has 1 saturated heterocycles. The Kier molecular flexibility index (Phi) is 3.47. The molecule has 0 radical (unpaired) electrons. The smallest absolute Gasteiger partial charge is 0.219 e. The molecule has 0 aromatic carbocycles. The summed E-state index contributed by atoms with van der Waals surface area (Å²) in [6.45, 7) is 6.33. The molecule has 0 saturated carbocycles. The van der Waals surface area contributed by atoms with Crippen LogP contribution in [0.1, 0.15) is 18.1 Å². The molecule has 0 spiro atoms. The van der Waals surface area contributed by atoms with Gasteiger partial charge in [0.25, 0.3) is 0 Å². The molecule has 5 heteroatoms. The second-order valence-corrected chi connectivity index (χ2v) is 4.43. The monoisotopic (exact) mass is 244 g/mol. The van der Waals surface area contributed by atoms with Gasteiger partial charge in [-0.15, -0.1) is 0 Å². The van der Waals surface area contributed by atoms with Crippen LogP contribution in [0.2, 0.25) is 0 Å². The number of carbonyl (C=O) groups excluding carboxylic acids is 1. The Bertz CT molecular complexity index is 498. The Labute approximate surface area is 107 Å². The minimum Gasteiger partial charge on any atom is -0.352 e. The molecule has 1 fully saturated rings. The van der Waals surface area contributed by atoms with Gasteiger partial charge in [0.15, 0.2) is 0 Å². The molecule has 2 heterocycles. The number of nitrogens with zero attached hydrogens (tertiary/aromatic N) is 4. The molecule has 1 aromatic heterocycles. The third kappa shape index (κ3) is 2.28. The zero-order chi connectivity index (χ0) is 13.1. The van der Waals surface area contributed by atoms with Gasteiger partial charge in [-0.2, -0.15) is 5.26 Å². The number of hydrogen-bond donors (Lipinski definition) is 0. The van der Waals surface area contributed by atoms with Crippen molar-refractivity contribution in [2.24, 2.45) is 0 Å². The number of carbonyl (C=O) groups is 1. The van der Waals surface area contributed by atoms with Crippen molar-refractivity contribution in [1.82, 2.24) is 9.88 Å². The molecular formula is C13H16N4O. The van der Waals surface area contributed by atoms with Gasteiger partial charge >= 0.3 is 0 Å². The van der Waals surface area contributed by atoms with E-state index in [0.717, 1.165) is 24.5 Å². The molecule has 94 valence electrons. The molecule has 0 aliphatic carbocycles. The topological polar surface area (TPSA) is 60.2 Å². The first kappa shape index (κ1) is 12.4. The molecule has 1 aliphatic heterocycles. The molecule has 0 atom stereocenters. The molecule has 1 amide bonds. The third-order valence-electron chi connectivity index (χ3n) is 3.28. The number of nitriles is 1. The Morgan fingerprint density at radius 1 is 1.39 bits per heavy atom. The van der Waals surface area contributed by atoms with Gasteiger partial charge in [0.1, 0.15) is 11.9 Å². The van der Waals surface area contributed by atoms with Crippen molar-refractivity contribution in [1.29, 1.82) is 5.26 Å². The first-order chi connectivity index (χ1) is 8.63. The van der Waals surface area contributed by atoms with Crippen LogP contribution in [0.25, 0.3) is 0 Å². The van der Waals surface area contributed by atoms with E-state index in [4.69, 9.17) is 0 Å². The Morgan fingerprint density at radius 3 is 2.61 bits per heavy atom. The molecule has 2 rings (SSSR count). The van der Waals surface area contributed by atoms with E-state index in [2.05, 4.69) is 16.0 Å². The number of pyridine rings is 1. The van der Waals surface area contributed by atoms with Crippen molar-refractivity contribution in [2.45, 2.75) is 13.8 Å². The van der Waals surface area contributed by atoms with Crippen molar-refractivity contribution in [3.8, 4) is 6.07 Å². The number of anilines is 1. The lowest BCUT2D eigenvalue weighted by atomic mass is 10.1. The predicted octanol–water partition coefficient (Wildman–Crippen LogP) is 0.930. The summed E-state index contributed by atoms with van der Waals surface area (Å²) in [5.41, 5.74) is 1.57. The number of rotatable bonds is 1.